The first kappa shape index (κ1) is 17.8. The molecule has 0 saturated carbocycles. The van der Waals surface area contributed by atoms with Crippen molar-refractivity contribution in [2.24, 2.45) is 0 Å². The minimum Gasteiger partial charge on any atom is -0.468 e. The fourth-order valence-electron chi connectivity index (χ4n) is 1.05. The summed E-state index contributed by atoms with van der Waals surface area (Å²) in [5.41, 5.74) is -2.35. The molecule has 12 heteroatoms. The van der Waals surface area contributed by atoms with Crippen LogP contribution in [0.15, 0.2) is 0 Å². The van der Waals surface area contributed by atoms with Crippen molar-refractivity contribution in [3.8, 4) is 0 Å². The summed E-state index contributed by atoms with van der Waals surface area (Å²) in [6.07, 6.45) is -6.76. The third-order valence-corrected chi connectivity index (χ3v) is 4.55. The molecule has 0 bridgehead atoms. The first-order chi connectivity index (χ1) is 7.73. The van der Waals surface area contributed by atoms with Gasteiger partial charge < -0.3 is 4.12 Å². The summed E-state index contributed by atoms with van der Waals surface area (Å²) < 4.78 is 116. The van der Waals surface area contributed by atoms with Crippen LogP contribution in [0.25, 0.3) is 0 Å². The zero-order valence-electron chi connectivity index (χ0n) is 9.09. The molecule has 0 aliphatic carbocycles. The fourth-order valence-corrected chi connectivity index (χ4v) is 3.52. The van der Waals surface area contributed by atoms with Crippen molar-refractivity contribution in [3.05, 3.63) is 0 Å². The van der Waals surface area contributed by atoms with Crippen LogP contribution >= 0.6 is 0 Å². The Morgan fingerprint density at radius 3 is 1.56 bits per heavy atom. The van der Waals surface area contributed by atoms with Gasteiger partial charge in [0.2, 0.25) is 0 Å². The first-order valence-electron chi connectivity index (χ1n) is 4.42. The molecule has 0 aliphatic heterocycles. The Kier molecular flexibility index (Phi) is 4.97. The lowest BCUT2D eigenvalue weighted by Gasteiger charge is -2.36. The van der Waals surface area contributed by atoms with Gasteiger partial charge >= 0.3 is 23.9 Å². The number of halogens is 9. The van der Waals surface area contributed by atoms with Crippen LogP contribution in [0.2, 0.25) is 5.54 Å². The van der Waals surface area contributed by atoms with Crippen molar-refractivity contribution in [1.29, 1.82) is 0 Å². The Morgan fingerprint density at radius 1 is 0.889 bits per heavy atom. The van der Waals surface area contributed by atoms with Crippen LogP contribution in [0.1, 0.15) is 6.92 Å². The van der Waals surface area contributed by atoms with E-state index < -0.39 is 39.2 Å². The van der Waals surface area contributed by atoms with Crippen molar-refractivity contribution in [3.63, 3.8) is 0 Å². The molecular weight excluding hydrogens is 315 g/mol. The standard InChI is InChI=1S/C6H9F9OSi2/c1-2(18-16-17)3(7,8)4(9,10)5(11,12)6(13,14)15/h2H,18H2,1,17H3. The zero-order chi connectivity index (χ0) is 15.0. The molecule has 0 aromatic rings. The molecule has 0 saturated heterocycles. The van der Waals surface area contributed by atoms with Crippen molar-refractivity contribution in [1.82, 2.24) is 0 Å². The molecule has 0 aromatic heterocycles. The highest BCUT2D eigenvalue weighted by Crippen LogP contribution is 2.56. The van der Waals surface area contributed by atoms with E-state index in [2.05, 4.69) is 4.12 Å². The zero-order valence-corrected chi connectivity index (χ0v) is 12.5. The van der Waals surface area contributed by atoms with E-state index in [0.29, 0.717) is 6.92 Å². The van der Waals surface area contributed by atoms with E-state index in [1.54, 1.807) is 0 Å². The van der Waals surface area contributed by atoms with E-state index in [0.717, 1.165) is 0 Å². The summed E-state index contributed by atoms with van der Waals surface area (Å²) in [6, 6.07) is 0. The molecule has 0 aromatic carbocycles. The van der Waals surface area contributed by atoms with Gasteiger partial charge in [-0.3, -0.25) is 0 Å². The van der Waals surface area contributed by atoms with Crippen LogP contribution in [-0.4, -0.2) is 44.2 Å². The van der Waals surface area contributed by atoms with Crippen LogP contribution < -0.4 is 0 Å². The predicted molar refractivity (Wildman–Crippen MR) is 49.9 cm³/mol. The molecule has 1 unspecified atom stereocenters. The van der Waals surface area contributed by atoms with Crippen LogP contribution in [0, 0.1) is 0 Å². The van der Waals surface area contributed by atoms with E-state index in [1.165, 1.54) is 0 Å². The van der Waals surface area contributed by atoms with Gasteiger partial charge in [0, 0.05) is 5.54 Å². The van der Waals surface area contributed by atoms with Gasteiger partial charge in [-0.25, -0.2) is 0 Å². The molecule has 1 atom stereocenters. The molecule has 18 heavy (non-hydrogen) atoms. The second kappa shape index (κ2) is 5.04. The average Bonchev–Trinajstić information content (AvgIpc) is 2.15. The molecule has 0 heterocycles. The lowest BCUT2D eigenvalue weighted by molar-refractivity contribution is -0.396. The molecular formula is C6H9F9OSi2. The largest absolute Gasteiger partial charge is 0.468 e. The van der Waals surface area contributed by atoms with Crippen molar-refractivity contribution < 1.29 is 43.6 Å². The quantitative estimate of drug-likeness (QED) is 0.552. The summed E-state index contributed by atoms with van der Waals surface area (Å²) in [6.45, 7) is 0.463. The molecule has 0 rings (SSSR count). The monoisotopic (exact) mass is 324 g/mol. The highest BCUT2D eigenvalue weighted by molar-refractivity contribution is 6.36. The maximum atomic E-state index is 13.0. The van der Waals surface area contributed by atoms with Gasteiger partial charge in [0.05, 0.1) is 0 Å². The Bertz CT molecular complexity index is 289. The van der Waals surface area contributed by atoms with Gasteiger partial charge in [-0.1, -0.05) is 6.92 Å². The van der Waals surface area contributed by atoms with Crippen molar-refractivity contribution in [2.45, 2.75) is 36.4 Å². The van der Waals surface area contributed by atoms with Crippen molar-refractivity contribution >= 4 is 20.2 Å². The van der Waals surface area contributed by atoms with Gasteiger partial charge in [-0.05, 0) is 0 Å². The van der Waals surface area contributed by atoms with Gasteiger partial charge in [0.25, 0.3) is 0 Å². The second-order valence-corrected chi connectivity index (χ2v) is 7.49. The predicted octanol–water partition coefficient (Wildman–Crippen LogP) is 1.64. The van der Waals surface area contributed by atoms with E-state index >= 15 is 0 Å². The topological polar surface area (TPSA) is 9.23 Å². The average molecular weight is 324 g/mol. The van der Waals surface area contributed by atoms with Crippen LogP contribution in [0.3, 0.4) is 0 Å². The maximum absolute atomic E-state index is 13.0. The van der Waals surface area contributed by atoms with Crippen LogP contribution in [0.4, 0.5) is 39.5 Å². The smallest absolute Gasteiger partial charge is 0.460 e. The van der Waals surface area contributed by atoms with Crippen molar-refractivity contribution in [2.75, 3.05) is 0 Å². The summed E-state index contributed by atoms with van der Waals surface area (Å²) in [5.74, 6) is -18.8. The van der Waals surface area contributed by atoms with E-state index in [1.807, 2.05) is 0 Å². The summed E-state index contributed by atoms with van der Waals surface area (Å²) in [7, 11) is -2.40. The number of rotatable bonds is 5. The molecule has 1 nitrogen and oxygen atoms in total. The lowest BCUT2D eigenvalue weighted by atomic mass is 10.0. The lowest BCUT2D eigenvalue weighted by Crippen LogP contribution is -2.62. The molecule has 0 fully saturated rings. The third kappa shape index (κ3) is 2.69. The third-order valence-electron chi connectivity index (χ3n) is 2.20. The van der Waals surface area contributed by atoms with E-state index in [-0.39, 0.29) is 10.5 Å². The minimum absolute atomic E-state index is 0.0884. The highest BCUT2D eigenvalue weighted by atomic mass is 28.3. The number of hydrogen-bond donors (Lipinski definition) is 0. The van der Waals surface area contributed by atoms with E-state index in [9.17, 15) is 39.5 Å². The van der Waals surface area contributed by atoms with Gasteiger partial charge in [0.1, 0.15) is 10.5 Å². The number of alkyl halides is 9. The molecule has 0 amide bonds. The first-order valence-corrected chi connectivity index (χ1v) is 6.63. The molecule has 0 N–H and O–H groups in total. The highest BCUT2D eigenvalue weighted by Gasteiger charge is 2.82. The molecule has 0 radical (unpaired) electrons. The normalized spacial score (nSPS) is 17.7. The molecule has 0 aliphatic rings. The summed E-state index contributed by atoms with van der Waals surface area (Å²) >= 11 is 0. The maximum Gasteiger partial charge on any atom is 0.460 e. The van der Waals surface area contributed by atoms with Gasteiger partial charge in [-0.15, -0.1) is 0 Å². The van der Waals surface area contributed by atoms with E-state index in [4.69, 9.17) is 0 Å². The Labute approximate surface area is 101 Å². The summed E-state index contributed by atoms with van der Waals surface area (Å²) in [5, 5.41) is 0. The Balaban J connectivity index is 5.49. The number of hydrogen-bond acceptors (Lipinski definition) is 1. The van der Waals surface area contributed by atoms with Crippen LogP contribution in [-0.2, 0) is 4.12 Å². The second-order valence-electron chi connectivity index (χ2n) is 3.63. The molecule has 0 spiro atoms. The van der Waals surface area contributed by atoms with Gasteiger partial charge in [0.15, 0.2) is 9.76 Å². The van der Waals surface area contributed by atoms with Gasteiger partial charge in [-0.2, -0.15) is 39.5 Å². The Morgan fingerprint density at radius 2 is 1.28 bits per heavy atom. The Hall–Kier alpha value is -0.236. The SMILES string of the molecule is CC([SiH2]O[SiH3])C(F)(F)C(F)(F)C(F)(F)C(F)(F)F. The molecule has 110 valence electrons. The minimum atomic E-state index is -6.81. The summed E-state index contributed by atoms with van der Waals surface area (Å²) in [4.78, 5) is 0. The van der Waals surface area contributed by atoms with Crippen LogP contribution in [0.5, 0.6) is 0 Å². The fraction of sp³-hybridized carbons (Fsp3) is 1.00.